The minimum Gasteiger partial charge on any atom is -0.325 e. The van der Waals surface area contributed by atoms with Crippen molar-refractivity contribution in [3.8, 4) is 6.07 Å². The van der Waals surface area contributed by atoms with E-state index in [4.69, 9.17) is 5.26 Å². The summed E-state index contributed by atoms with van der Waals surface area (Å²) in [7, 11) is 1.88. The second-order valence-corrected chi connectivity index (χ2v) is 3.20. The topological polar surface area (TPSA) is 27.0 Å². The van der Waals surface area contributed by atoms with Gasteiger partial charge in [-0.3, -0.25) is 0 Å². The van der Waals surface area contributed by atoms with Crippen molar-refractivity contribution in [3.63, 3.8) is 0 Å². The number of allylic oxidation sites excluding steroid dienone is 2. The van der Waals surface area contributed by atoms with Crippen molar-refractivity contribution in [2.24, 2.45) is 0 Å². The molecule has 0 radical (unpaired) electrons. The van der Waals surface area contributed by atoms with Gasteiger partial charge in [0.15, 0.2) is 0 Å². The second-order valence-electron chi connectivity index (χ2n) is 2.03. The zero-order chi connectivity index (χ0) is 9.40. The maximum Gasteiger partial charge on any atom is 0.101 e. The van der Waals surface area contributed by atoms with Gasteiger partial charge >= 0.3 is 0 Å². The van der Waals surface area contributed by atoms with Gasteiger partial charge in [-0.05, 0) is 11.9 Å². The third-order valence-electron chi connectivity index (χ3n) is 1.07. The molecule has 0 rings (SSSR count). The highest BCUT2D eigenvalue weighted by Crippen LogP contribution is 2.09. The third-order valence-corrected chi connectivity index (χ3v) is 1.96. The Kier molecular flexibility index (Phi) is 5.94. The van der Waals surface area contributed by atoms with Crippen molar-refractivity contribution in [2.75, 3.05) is 12.8 Å². The fourth-order valence-corrected chi connectivity index (χ4v) is 1.06. The van der Waals surface area contributed by atoms with E-state index in [1.807, 2.05) is 23.5 Å². The van der Waals surface area contributed by atoms with Crippen molar-refractivity contribution in [1.29, 1.82) is 5.26 Å². The molecular weight excluding hydrogens is 168 g/mol. The highest BCUT2D eigenvalue weighted by molar-refractivity contribution is 7.97. The molecule has 0 bridgehead atoms. The molecule has 0 saturated heterocycles. The predicted octanol–water partition coefficient (Wildman–Crippen LogP) is 2.35. The molecule has 0 unspecified atom stereocenters. The average molecular weight is 180 g/mol. The van der Waals surface area contributed by atoms with Gasteiger partial charge in [-0.25, -0.2) is 0 Å². The van der Waals surface area contributed by atoms with Crippen molar-refractivity contribution in [3.05, 3.63) is 37.1 Å². The van der Waals surface area contributed by atoms with E-state index in [-0.39, 0.29) is 0 Å². The fraction of sp³-hybridized carbons (Fsp3) is 0.222. The predicted molar refractivity (Wildman–Crippen MR) is 54.3 cm³/mol. The maximum absolute atomic E-state index is 8.55. The van der Waals surface area contributed by atoms with Crippen LogP contribution in [0.3, 0.4) is 0 Å². The quantitative estimate of drug-likeness (QED) is 0.281. The van der Waals surface area contributed by atoms with Crippen LogP contribution in [0.1, 0.15) is 0 Å². The summed E-state index contributed by atoms with van der Waals surface area (Å²) >= 11 is 1.58. The molecule has 0 fully saturated rings. The Balaban J connectivity index is 4.03. The van der Waals surface area contributed by atoms with Crippen molar-refractivity contribution in [2.45, 2.75) is 0 Å². The minimum absolute atomic E-state index is 0.564. The molecule has 0 spiro atoms. The molecule has 0 aliphatic rings. The Morgan fingerprint density at radius 2 is 2.33 bits per heavy atom. The Morgan fingerprint density at radius 1 is 1.67 bits per heavy atom. The van der Waals surface area contributed by atoms with E-state index in [0.717, 1.165) is 5.75 Å². The van der Waals surface area contributed by atoms with E-state index < -0.39 is 0 Å². The first-order valence-corrected chi connectivity index (χ1v) is 4.39. The molecule has 0 amide bonds. The summed E-state index contributed by atoms with van der Waals surface area (Å²) < 4.78 is 1.86. The van der Waals surface area contributed by atoms with Crippen LogP contribution in [0.4, 0.5) is 0 Å². The largest absolute Gasteiger partial charge is 0.325 e. The summed E-state index contributed by atoms with van der Waals surface area (Å²) in [6.45, 7) is 7.12. The lowest BCUT2D eigenvalue weighted by atomic mass is 10.3. The summed E-state index contributed by atoms with van der Waals surface area (Å²) in [5, 5.41) is 8.55. The first kappa shape index (κ1) is 10.9. The molecule has 0 aromatic heterocycles. The summed E-state index contributed by atoms with van der Waals surface area (Å²) in [5.74, 6) is 0.836. The normalized spacial score (nSPS) is 10.2. The number of hydrogen-bond acceptors (Lipinski definition) is 3. The smallest absolute Gasteiger partial charge is 0.101 e. The highest BCUT2D eigenvalue weighted by atomic mass is 32.2. The van der Waals surface area contributed by atoms with E-state index in [9.17, 15) is 0 Å². The SMILES string of the molecule is C=CCSN(C)/C=C(\C#N)C=C. The van der Waals surface area contributed by atoms with Crippen molar-refractivity contribution >= 4 is 11.9 Å². The molecule has 0 aromatic rings. The summed E-state index contributed by atoms with van der Waals surface area (Å²) in [6.07, 6.45) is 5.08. The zero-order valence-electron chi connectivity index (χ0n) is 7.16. The Bertz CT molecular complexity index is 225. The minimum atomic E-state index is 0.564. The van der Waals surface area contributed by atoms with Crippen molar-refractivity contribution < 1.29 is 0 Å². The van der Waals surface area contributed by atoms with Gasteiger partial charge < -0.3 is 4.31 Å². The first-order valence-electron chi connectivity index (χ1n) is 3.45. The molecule has 0 aliphatic carbocycles. The Hall–Kier alpha value is -1.14. The lowest BCUT2D eigenvalue weighted by molar-refractivity contribution is 0.772. The van der Waals surface area contributed by atoms with Gasteiger partial charge in [0, 0.05) is 19.0 Å². The van der Waals surface area contributed by atoms with Crippen LogP contribution in [-0.4, -0.2) is 17.1 Å². The van der Waals surface area contributed by atoms with E-state index in [1.165, 1.54) is 6.08 Å². The number of hydrogen-bond donors (Lipinski definition) is 0. The van der Waals surface area contributed by atoms with Crippen LogP contribution in [0.15, 0.2) is 37.1 Å². The molecule has 0 atom stereocenters. The summed E-state index contributed by atoms with van der Waals surface area (Å²) in [5.41, 5.74) is 0.564. The molecule has 0 saturated carbocycles. The van der Waals surface area contributed by atoms with E-state index >= 15 is 0 Å². The van der Waals surface area contributed by atoms with Gasteiger partial charge in [-0.2, -0.15) is 5.26 Å². The zero-order valence-corrected chi connectivity index (χ0v) is 7.97. The van der Waals surface area contributed by atoms with Crippen LogP contribution in [0, 0.1) is 11.3 Å². The summed E-state index contributed by atoms with van der Waals surface area (Å²) in [4.78, 5) is 0. The monoisotopic (exact) mass is 180 g/mol. The highest BCUT2D eigenvalue weighted by Gasteiger charge is 1.92. The van der Waals surface area contributed by atoms with Crippen LogP contribution in [0.2, 0.25) is 0 Å². The average Bonchev–Trinajstić information content (AvgIpc) is 2.10. The molecule has 2 nitrogen and oxygen atoms in total. The van der Waals surface area contributed by atoms with Crippen LogP contribution in [0.25, 0.3) is 0 Å². The van der Waals surface area contributed by atoms with Gasteiger partial charge in [0.05, 0.1) is 5.57 Å². The molecule has 0 N–H and O–H groups in total. The molecule has 0 aromatic carbocycles. The van der Waals surface area contributed by atoms with E-state index in [2.05, 4.69) is 13.2 Å². The second kappa shape index (κ2) is 6.56. The van der Waals surface area contributed by atoms with E-state index in [0.29, 0.717) is 5.57 Å². The fourth-order valence-electron chi connectivity index (χ4n) is 0.531. The first-order chi connectivity index (χ1) is 5.74. The van der Waals surface area contributed by atoms with Gasteiger partial charge in [-0.15, -0.1) is 6.58 Å². The van der Waals surface area contributed by atoms with Gasteiger partial charge in [-0.1, -0.05) is 18.7 Å². The lowest BCUT2D eigenvalue weighted by Gasteiger charge is -2.10. The van der Waals surface area contributed by atoms with E-state index in [1.54, 1.807) is 18.1 Å². The lowest BCUT2D eigenvalue weighted by Crippen LogP contribution is -2.00. The number of nitrogens with zero attached hydrogens (tertiary/aromatic N) is 2. The Morgan fingerprint density at radius 3 is 2.75 bits per heavy atom. The molecule has 3 heteroatoms. The number of rotatable bonds is 5. The van der Waals surface area contributed by atoms with Gasteiger partial charge in [0.25, 0.3) is 0 Å². The third kappa shape index (κ3) is 4.64. The van der Waals surface area contributed by atoms with Crippen LogP contribution >= 0.6 is 11.9 Å². The van der Waals surface area contributed by atoms with Crippen LogP contribution in [-0.2, 0) is 0 Å². The summed E-state index contributed by atoms with van der Waals surface area (Å²) in [6, 6.07) is 2.02. The van der Waals surface area contributed by atoms with Gasteiger partial charge in [0.1, 0.15) is 6.07 Å². The molecule has 0 heterocycles. The maximum atomic E-state index is 8.55. The standard InChI is InChI=1S/C9H12N2S/c1-4-6-12-11(3)8-9(5-2)7-10/h4-5,8H,1-2,6H2,3H3/b9-8-. The molecule has 0 aliphatic heterocycles. The van der Waals surface area contributed by atoms with Crippen molar-refractivity contribution in [1.82, 2.24) is 4.31 Å². The molecule has 64 valence electrons. The number of nitriles is 1. The van der Waals surface area contributed by atoms with Crippen LogP contribution in [0.5, 0.6) is 0 Å². The Labute approximate surface area is 78.0 Å². The molecular formula is C9H12N2S. The van der Waals surface area contributed by atoms with Gasteiger partial charge in [0.2, 0.25) is 0 Å². The van der Waals surface area contributed by atoms with Crippen LogP contribution < -0.4 is 0 Å². The molecule has 12 heavy (non-hydrogen) atoms.